The number of anilines is 1. The number of nitrogens with one attached hydrogen (secondary N) is 2. The first-order valence-electron chi connectivity index (χ1n) is 17.8. The molecule has 248 valence electrons. The Bertz CT molecular complexity index is 1370. The van der Waals surface area contributed by atoms with Crippen LogP contribution in [0.4, 0.5) is 15.3 Å². The van der Waals surface area contributed by atoms with Crippen LogP contribution >= 0.6 is 0 Å². The molecule has 9 heteroatoms. The minimum absolute atomic E-state index is 0.0210. The van der Waals surface area contributed by atoms with E-state index in [4.69, 9.17) is 0 Å². The number of aryl methyl sites for hydroxylation is 2. The molecule has 2 aromatic rings. The Balaban J connectivity index is 1.08. The molecule has 0 bridgehead atoms. The molecule has 1 atom stereocenters. The largest absolute Gasteiger partial charge is 0.338 e. The molecule has 46 heavy (non-hydrogen) atoms. The minimum atomic E-state index is -0.609. The molecular formula is C37H52N6O3. The molecule has 9 nitrogen and oxygen atoms in total. The lowest BCUT2D eigenvalue weighted by Crippen LogP contribution is -2.65. The van der Waals surface area contributed by atoms with E-state index in [1.54, 1.807) is 0 Å². The number of urea groups is 2. The van der Waals surface area contributed by atoms with Crippen LogP contribution in [-0.2, 0) is 30.5 Å². The van der Waals surface area contributed by atoms with Gasteiger partial charge in [0, 0.05) is 56.9 Å². The predicted octanol–water partition coefficient (Wildman–Crippen LogP) is 5.07. The second kappa shape index (κ2) is 14.9. The van der Waals surface area contributed by atoms with Gasteiger partial charge in [-0.1, -0.05) is 63.1 Å². The number of rotatable bonds is 8. The molecule has 2 aromatic carbocycles. The van der Waals surface area contributed by atoms with Crippen molar-refractivity contribution < 1.29 is 14.4 Å². The molecule has 0 aliphatic carbocycles. The van der Waals surface area contributed by atoms with Crippen molar-refractivity contribution in [3.05, 3.63) is 64.7 Å². The van der Waals surface area contributed by atoms with Gasteiger partial charge in [0.25, 0.3) is 0 Å². The van der Waals surface area contributed by atoms with Crippen molar-refractivity contribution in [2.75, 3.05) is 51.1 Å². The van der Waals surface area contributed by atoms with E-state index >= 15 is 0 Å². The van der Waals surface area contributed by atoms with Gasteiger partial charge >= 0.3 is 12.1 Å². The Hall–Kier alpha value is -3.59. The zero-order chi connectivity index (χ0) is 32.0. The number of hydrogen-bond donors (Lipinski definition) is 2. The quantitative estimate of drug-likeness (QED) is 0.427. The second-order valence-corrected chi connectivity index (χ2v) is 13.6. The van der Waals surface area contributed by atoms with Crippen molar-refractivity contribution in [2.45, 2.75) is 96.2 Å². The molecule has 4 heterocycles. The van der Waals surface area contributed by atoms with Gasteiger partial charge in [0.2, 0.25) is 5.91 Å². The van der Waals surface area contributed by atoms with Crippen molar-refractivity contribution in [3.8, 4) is 0 Å². The van der Waals surface area contributed by atoms with Gasteiger partial charge in [-0.25, -0.2) is 9.59 Å². The number of amides is 5. The summed E-state index contributed by atoms with van der Waals surface area (Å²) in [7, 11) is 0. The Morgan fingerprint density at radius 1 is 0.848 bits per heavy atom. The lowest BCUT2D eigenvalue weighted by Gasteiger charge is -2.46. The number of hydrogen-bond acceptors (Lipinski definition) is 4. The van der Waals surface area contributed by atoms with Crippen molar-refractivity contribution in [3.63, 3.8) is 0 Å². The van der Waals surface area contributed by atoms with Crippen LogP contribution in [0.1, 0.15) is 74.6 Å². The van der Waals surface area contributed by atoms with Crippen LogP contribution in [0.15, 0.2) is 42.5 Å². The zero-order valence-corrected chi connectivity index (χ0v) is 27.8. The fourth-order valence-electron chi connectivity index (χ4n) is 7.82. The smallest absolute Gasteiger partial charge is 0.322 e. The van der Waals surface area contributed by atoms with Gasteiger partial charge in [-0.15, -0.1) is 0 Å². The van der Waals surface area contributed by atoms with E-state index in [1.807, 2.05) is 32.9 Å². The Kier molecular flexibility index (Phi) is 10.5. The summed E-state index contributed by atoms with van der Waals surface area (Å²) < 4.78 is 0. The third kappa shape index (κ3) is 7.35. The first kappa shape index (κ1) is 32.4. The fraction of sp³-hybridized carbons (Fsp3) is 0.595. The molecule has 0 radical (unpaired) electrons. The summed E-state index contributed by atoms with van der Waals surface area (Å²) in [4.78, 5) is 49.0. The second-order valence-electron chi connectivity index (χ2n) is 13.6. The lowest BCUT2D eigenvalue weighted by atomic mass is 9.95. The van der Waals surface area contributed by atoms with Gasteiger partial charge in [0.1, 0.15) is 6.04 Å². The average molecular weight is 629 g/mol. The molecule has 2 N–H and O–H groups in total. The molecule has 6 rings (SSSR count). The van der Waals surface area contributed by atoms with Crippen LogP contribution in [0.25, 0.3) is 0 Å². The van der Waals surface area contributed by atoms with Crippen LogP contribution in [0.2, 0.25) is 0 Å². The number of carbonyl (C=O) groups excluding carboxylic acids is 3. The van der Waals surface area contributed by atoms with E-state index in [2.05, 4.69) is 53.6 Å². The number of likely N-dealkylation sites (tertiary alicyclic amines) is 3. The molecule has 3 saturated heterocycles. The SMILES string of the molecule is CCc1ccc(C[C@@H](NC(=O)N2CCC(N3CCc4ccccc4NC3=O)CC2)C(=O)N2CC(N3CCCCCC3)C2)cc1CC. The summed E-state index contributed by atoms with van der Waals surface area (Å²) in [5.41, 5.74) is 5.78. The Morgan fingerprint density at radius 2 is 1.57 bits per heavy atom. The van der Waals surface area contributed by atoms with Crippen LogP contribution in [0.3, 0.4) is 0 Å². The average Bonchev–Trinajstić information content (AvgIpc) is 3.42. The van der Waals surface area contributed by atoms with Gasteiger partial charge in [0.15, 0.2) is 0 Å². The van der Waals surface area contributed by atoms with Crippen molar-refractivity contribution in [1.29, 1.82) is 0 Å². The highest BCUT2D eigenvalue weighted by Crippen LogP contribution is 2.26. The van der Waals surface area contributed by atoms with Crippen molar-refractivity contribution in [2.24, 2.45) is 0 Å². The van der Waals surface area contributed by atoms with Gasteiger partial charge in [-0.3, -0.25) is 9.69 Å². The molecule has 5 amide bonds. The third-order valence-corrected chi connectivity index (χ3v) is 10.7. The van der Waals surface area contributed by atoms with E-state index in [1.165, 1.54) is 36.8 Å². The summed E-state index contributed by atoms with van der Waals surface area (Å²) in [6, 6.07) is 14.2. The van der Waals surface area contributed by atoms with Crippen LogP contribution in [0.5, 0.6) is 0 Å². The maximum absolute atomic E-state index is 14.0. The van der Waals surface area contributed by atoms with E-state index < -0.39 is 6.04 Å². The van der Waals surface area contributed by atoms with Crippen molar-refractivity contribution >= 4 is 23.7 Å². The fourth-order valence-corrected chi connectivity index (χ4v) is 7.82. The summed E-state index contributed by atoms with van der Waals surface area (Å²) in [5, 5.41) is 6.25. The zero-order valence-electron chi connectivity index (χ0n) is 27.8. The highest BCUT2D eigenvalue weighted by atomic mass is 16.2. The van der Waals surface area contributed by atoms with Gasteiger partial charge in [-0.2, -0.15) is 0 Å². The molecule has 0 aromatic heterocycles. The Morgan fingerprint density at radius 3 is 2.28 bits per heavy atom. The lowest BCUT2D eigenvalue weighted by molar-refractivity contribution is -0.140. The summed E-state index contributed by atoms with van der Waals surface area (Å²) in [6.45, 7) is 9.86. The minimum Gasteiger partial charge on any atom is -0.338 e. The number of fused-ring (bicyclic) bond motifs is 1. The highest BCUT2D eigenvalue weighted by molar-refractivity contribution is 5.91. The Labute approximate surface area is 274 Å². The van der Waals surface area contributed by atoms with Crippen LogP contribution in [0, 0.1) is 0 Å². The third-order valence-electron chi connectivity index (χ3n) is 10.7. The van der Waals surface area contributed by atoms with E-state index in [9.17, 15) is 14.4 Å². The monoisotopic (exact) mass is 628 g/mol. The molecule has 4 aliphatic rings. The summed E-state index contributed by atoms with van der Waals surface area (Å²) in [5.74, 6) is 0.0210. The number of benzene rings is 2. The molecule has 0 saturated carbocycles. The standard InChI is InChI=1S/C37H52N6O3/c1-3-28-14-13-27(23-29(28)4-2)24-34(35(44)42-25-32(26-42)40-18-9-5-6-10-19-40)39-36(45)41-20-16-31(17-21-41)43-22-15-30-11-7-8-12-33(30)38-37(43)46/h7-8,11-14,23,31-32,34H,3-6,9-10,15-22,24-26H2,1-2H3,(H,38,46)(H,39,45)/t34-/m1/s1. The maximum atomic E-state index is 14.0. The predicted molar refractivity (Wildman–Crippen MR) is 182 cm³/mol. The molecule has 0 unspecified atom stereocenters. The number of nitrogens with zero attached hydrogens (tertiary/aromatic N) is 4. The van der Waals surface area contributed by atoms with E-state index in [0.717, 1.165) is 75.1 Å². The molecule has 0 spiro atoms. The van der Waals surface area contributed by atoms with E-state index in [0.29, 0.717) is 32.1 Å². The summed E-state index contributed by atoms with van der Waals surface area (Å²) >= 11 is 0. The molecule has 4 aliphatic heterocycles. The topological polar surface area (TPSA) is 88.2 Å². The van der Waals surface area contributed by atoms with Crippen LogP contribution < -0.4 is 10.6 Å². The molecular weight excluding hydrogens is 576 g/mol. The van der Waals surface area contributed by atoms with Gasteiger partial charge in [0.05, 0.1) is 0 Å². The maximum Gasteiger partial charge on any atom is 0.322 e. The van der Waals surface area contributed by atoms with Gasteiger partial charge < -0.3 is 25.3 Å². The van der Waals surface area contributed by atoms with E-state index in [-0.39, 0.29) is 24.0 Å². The number of piperidine rings is 1. The van der Waals surface area contributed by atoms with Crippen LogP contribution in [-0.4, -0.2) is 102 Å². The number of carbonyl (C=O) groups is 3. The first-order valence-corrected chi connectivity index (χ1v) is 17.8. The number of para-hydroxylation sites is 1. The van der Waals surface area contributed by atoms with Crippen molar-refractivity contribution in [1.82, 2.24) is 24.9 Å². The van der Waals surface area contributed by atoms with Gasteiger partial charge in [-0.05, 0) is 86.4 Å². The summed E-state index contributed by atoms with van der Waals surface area (Å²) in [6.07, 6.45) is 9.74. The molecule has 3 fully saturated rings. The highest BCUT2D eigenvalue weighted by Gasteiger charge is 2.39. The first-order chi connectivity index (χ1) is 22.4. The normalized spacial score (nSPS) is 20.7.